The van der Waals surface area contributed by atoms with Crippen LogP contribution in [-0.2, 0) is 85.0 Å². The fourth-order valence-electron chi connectivity index (χ4n) is 12.3. The van der Waals surface area contributed by atoms with Gasteiger partial charge in [-0.15, -0.1) is 5.10 Å². The number of para-hydroxylation sites is 2. The number of halogens is 4. The number of nitriles is 2. The van der Waals surface area contributed by atoms with Crippen LogP contribution in [0.5, 0.6) is 0 Å². The molecule has 0 spiro atoms. The lowest BCUT2D eigenvalue weighted by Gasteiger charge is -2.26. The van der Waals surface area contributed by atoms with E-state index in [0.717, 1.165) is 0 Å². The quantitative estimate of drug-likeness (QED) is 0.0119. The van der Waals surface area contributed by atoms with Gasteiger partial charge in [0.1, 0.15) is 54.0 Å². The van der Waals surface area contributed by atoms with Crippen LogP contribution < -0.4 is 64.2 Å². The number of aryl methyl sites for hydroxylation is 1. The van der Waals surface area contributed by atoms with E-state index >= 15 is 0 Å². The Labute approximate surface area is 677 Å². The standard InChI is InChI=1S/C72H83F4N21O21S/c73-71(74)26-38(28-78)96(35-71)57(103)31-83-63(109)42-17-20-80-61-40(42)7-5-11-44(61)85-53(99)14-13-52(98)82-30-37-33-95(94-93-37)22-4-2-10-46(65(111)90-48(24-59(105)106)67(113)89-47(9-1-3-19-77)66(112)91-49(25-60(107)108)68(114)92-51(34-119)70(117)118)87-56(102)23-50(69(115)116)88-55(101)16-15-54(100)86-45-12-6-8-41-43(18-21-81-62(41)45)64(110)84-32-58(104)97-36-72(75,76)27-39(97)29-79/h5-8,11-12,17-18,20-21,33,38-39,46-51,119H,1-4,9-10,13-16,19,22-27,30-32,34-36,77H2,(H,82,98)(H,83,109)(H,84,110)(H,85,99)(H,86,100)(H,87,102)(H,88,101)(H,89,113)(H,90,111)(H,91,112)(H,92,114)(H,105,106)(H,107,108)(H,115,116)(H,117,118)/t38-,39-,46-,47-,48-,49-,50-,51-/m0/s1. The molecular formula is C72H83F4N21O21S. The number of anilines is 2. The van der Waals surface area contributed by atoms with E-state index in [0.29, 0.717) is 9.80 Å². The van der Waals surface area contributed by atoms with E-state index in [4.69, 9.17) is 5.73 Å². The number of carboxylic acids is 4. The van der Waals surface area contributed by atoms with Gasteiger partial charge in [-0.1, -0.05) is 29.5 Å². The van der Waals surface area contributed by atoms with Gasteiger partial charge in [-0.2, -0.15) is 23.2 Å². The number of nitrogens with zero attached hydrogens (tertiary/aromatic N) is 9. The zero-order valence-electron chi connectivity index (χ0n) is 63.0. The summed E-state index contributed by atoms with van der Waals surface area (Å²) in [6, 6.07) is 0.456. The maximum Gasteiger partial charge on any atom is 0.327 e. The average Bonchev–Trinajstić information content (AvgIpc) is 1.72. The van der Waals surface area contributed by atoms with Gasteiger partial charge in [0.2, 0.25) is 65.0 Å². The van der Waals surface area contributed by atoms with Gasteiger partial charge in [-0.05, 0) is 69.3 Å². The Bertz CT molecular complexity index is 4800. The minimum atomic E-state index is -3.31. The monoisotopic (exact) mass is 1690 g/mol. The molecule has 47 heteroatoms. The number of hydrogen-bond donors (Lipinski definition) is 17. The smallest absolute Gasteiger partial charge is 0.327 e. The van der Waals surface area contributed by atoms with Gasteiger partial charge in [0.25, 0.3) is 23.7 Å². The zero-order valence-corrected chi connectivity index (χ0v) is 63.9. The molecule has 0 saturated carbocycles. The second kappa shape index (κ2) is 43.4. The summed E-state index contributed by atoms with van der Waals surface area (Å²) >= 11 is 3.85. The molecule has 8 atom stereocenters. The molecule has 0 aliphatic carbocycles. The summed E-state index contributed by atoms with van der Waals surface area (Å²) in [5.41, 5.74) is 6.11. The lowest BCUT2D eigenvalue weighted by atomic mass is 10.0. The molecule has 636 valence electrons. The number of carbonyl (C=O) groups excluding carboxylic acids is 13. The maximum absolute atomic E-state index is 14.4. The minimum Gasteiger partial charge on any atom is -0.481 e. The summed E-state index contributed by atoms with van der Waals surface area (Å²) in [7, 11) is 0. The third-order valence-corrected chi connectivity index (χ3v) is 18.6. The molecule has 2 aliphatic rings. The number of amides is 13. The van der Waals surface area contributed by atoms with E-state index in [-0.39, 0.29) is 121 Å². The number of rotatable bonds is 44. The molecule has 5 heterocycles. The largest absolute Gasteiger partial charge is 0.481 e. The summed E-state index contributed by atoms with van der Waals surface area (Å²) in [6.07, 6.45) is -3.73. The number of carbonyl (C=O) groups is 17. The number of aliphatic carboxylic acids is 4. The highest BCUT2D eigenvalue weighted by Gasteiger charge is 2.49. The highest BCUT2D eigenvalue weighted by molar-refractivity contribution is 7.80. The van der Waals surface area contributed by atoms with Crippen LogP contribution in [0.15, 0.2) is 67.1 Å². The van der Waals surface area contributed by atoms with Crippen molar-refractivity contribution in [3.05, 3.63) is 83.9 Å². The van der Waals surface area contributed by atoms with Gasteiger partial charge in [-0.3, -0.25) is 86.6 Å². The number of nitrogens with one attached hydrogen (secondary N) is 11. The van der Waals surface area contributed by atoms with E-state index in [1.54, 1.807) is 12.1 Å². The molecule has 0 bridgehead atoms. The Balaban J connectivity index is 0.975. The molecule has 0 unspecified atom stereocenters. The Morgan fingerprint density at radius 3 is 1.40 bits per heavy atom. The molecule has 3 aromatic heterocycles. The third kappa shape index (κ3) is 27.8. The normalized spacial score (nSPS) is 15.9. The van der Waals surface area contributed by atoms with Crippen LogP contribution in [-0.4, -0.2) is 255 Å². The first-order chi connectivity index (χ1) is 56.4. The lowest BCUT2D eigenvalue weighted by molar-refractivity contribution is -0.144. The van der Waals surface area contributed by atoms with Crippen molar-refractivity contribution in [2.75, 3.05) is 49.1 Å². The van der Waals surface area contributed by atoms with E-state index in [9.17, 15) is 130 Å². The van der Waals surface area contributed by atoms with E-state index in [1.165, 1.54) is 71.8 Å². The number of carboxylic acid groups (broad SMARTS) is 4. The lowest BCUT2D eigenvalue weighted by Crippen LogP contribution is -2.59. The summed E-state index contributed by atoms with van der Waals surface area (Å²) in [5, 5.41) is 91.7. The highest BCUT2D eigenvalue weighted by atomic mass is 32.1. The number of unbranched alkanes of at least 4 members (excludes halogenated alkanes) is 2. The molecule has 17 N–H and O–H groups in total. The number of nitrogens with two attached hydrogens (primary N) is 1. The van der Waals surface area contributed by atoms with Crippen LogP contribution in [0, 0.1) is 22.7 Å². The number of thiol groups is 1. The topological polar surface area (TPSA) is 640 Å². The molecule has 42 nitrogen and oxygen atoms in total. The fraction of sp³-hybridized carbons (Fsp3) is 0.458. The first-order valence-corrected chi connectivity index (χ1v) is 37.3. The van der Waals surface area contributed by atoms with Crippen molar-refractivity contribution in [3.8, 4) is 12.1 Å². The second-order valence-electron chi connectivity index (χ2n) is 27.3. The Hall–Kier alpha value is -13.6. The Morgan fingerprint density at radius 1 is 0.521 bits per heavy atom. The molecule has 119 heavy (non-hydrogen) atoms. The number of hydrogen-bond acceptors (Lipinski definition) is 25. The van der Waals surface area contributed by atoms with E-state index < -0.39 is 238 Å². The summed E-state index contributed by atoms with van der Waals surface area (Å²) < 4.78 is 57.3. The van der Waals surface area contributed by atoms with Crippen LogP contribution in [0.3, 0.4) is 0 Å². The van der Waals surface area contributed by atoms with Gasteiger partial charge < -0.3 is 94.4 Å². The molecule has 0 radical (unpaired) electrons. The molecule has 2 aromatic carbocycles. The molecule has 7 rings (SSSR count). The molecule has 2 fully saturated rings. The van der Waals surface area contributed by atoms with Crippen molar-refractivity contribution >= 4 is 146 Å². The van der Waals surface area contributed by atoms with Crippen LogP contribution in [0.25, 0.3) is 21.8 Å². The number of aromatic nitrogens is 5. The highest BCUT2D eigenvalue weighted by Crippen LogP contribution is 2.34. The van der Waals surface area contributed by atoms with Gasteiger partial charge in [-0.25, -0.2) is 27.2 Å². The fourth-order valence-corrected chi connectivity index (χ4v) is 12.6. The average molecular weight is 1690 g/mol. The Morgan fingerprint density at radius 2 is 0.950 bits per heavy atom. The van der Waals surface area contributed by atoms with Crippen LogP contribution in [0.4, 0.5) is 28.9 Å². The molecule has 2 aliphatic heterocycles. The van der Waals surface area contributed by atoms with Crippen molar-refractivity contribution in [1.82, 2.24) is 82.6 Å². The molecule has 2 saturated heterocycles. The van der Waals surface area contributed by atoms with Crippen LogP contribution >= 0.6 is 12.6 Å². The summed E-state index contributed by atoms with van der Waals surface area (Å²) in [6.45, 7) is -3.61. The first-order valence-electron chi connectivity index (χ1n) is 36.6. The predicted molar refractivity (Wildman–Crippen MR) is 404 cm³/mol. The number of fused-ring (bicyclic) bond motifs is 2. The maximum atomic E-state index is 14.4. The molecule has 5 aromatic rings. The van der Waals surface area contributed by atoms with E-state index in [1.807, 2.05) is 5.32 Å². The molecule has 13 amide bonds. The zero-order chi connectivity index (χ0) is 87.4. The first kappa shape index (κ1) is 92.6. The van der Waals surface area contributed by atoms with Crippen molar-refractivity contribution in [1.29, 1.82) is 10.5 Å². The van der Waals surface area contributed by atoms with E-state index in [2.05, 4.69) is 86.1 Å². The third-order valence-electron chi connectivity index (χ3n) is 18.3. The van der Waals surface area contributed by atoms with Crippen molar-refractivity contribution in [3.63, 3.8) is 0 Å². The minimum absolute atomic E-state index is 0.00428. The van der Waals surface area contributed by atoms with Crippen molar-refractivity contribution < 1.29 is 119 Å². The number of alkyl halides is 4. The van der Waals surface area contributed by atoms with Gasteiger partial charge in [0.05, 0.1) is 104 Å². The summed E-state index contributed by atoms with van der Waals surface area (Å²) in [4.78, 5) is 233. The van der Waals surface area contributed by atoms with Gasteiger partial charge in [0, 0.05) is 74.0 Å². The Kier molecular flexibility index (Phi) is 33.7. The van der Waals surface area contributed by atoms with Gasteiger partial charge in [0.15, 0.2) is 0 Å². The SMILES string of the molecule is N#C[C@@H]1CC(F)(F)CN1C(=O)CNC(=O)c1ccnc2c(NC(=O)CCC(=O)NCc3cn(CCCC[C@H](NC(=O)C[C@H](NC(=O)CCC(=O)Nc4cccc5c(C(=O)NCC(=O)N6CC(F)(F)C[C@H]6C#N)ccnc45)C(=O)O)C(=O)N[C@@H](CC(=O)O)C(=O)N[C@@H](CCCCN)C(=O)N[C@@H](CC(=O)O)C(=O)N[C@@H](CS)C(=O)O)nn3)cccc12. The summed E-state index contributed by atoms with van der Waals surface area (Å²) in [5.74, 6) is -26.9. The number of benzene rings is 2. The molecular weight excluding hydrogens is 1600 g/mol. The van der Waals surface area contributed by atoms with Crippen LogP contribution in [0.2, 0.25) is 0 Å². The van der Waals surface area contributed by atoms with Crippen LogP contribution in [0.1, 0.15) is 123 Å². The second-order valence-corrected chi connectivity index (χ2v) is 27.7. The number of pyridine rings is 2. The van der Waals surface area contributed by atoms with Gasteiger partial charge >= 0.3 is 23.9 Å². The van der Waals surface area contributed by atoms with Crippen molar-refractivity contribution in [2.45, 2.75) is 170 Å². The predicted octanol–water partition coefficient (Wildman–Crippen LogP) is -1.55. The number of likely N-dealkylation sites (tertiary alicyclic amines) is 2. The van der Waals surface area contributed by atoms with Crippen molar-refractivity contribution in [2.24, 2.45) is 5.73 Å².